The molecule has 0 bridgehead atoms. The van der Waals surface area contributed by atoms with E-state index < -0.39 is 23.7 Å². The van der Waals surface area contributed by atoms with Crippen LogP contribution in [0, 0.1) is 0 Å². The fraction of sp³-hybridized carbons (Fsp3) is 0.0909. The molecule has 0 unspecified atom stereocenters. The van der Waals surface area contributed by atoms with Crippen LogP contribution in [0.3, 0.4) is 0 Å². The van der Waals surface area contributed by atoms with Gasteiger partial charge in [-0.3, -0.25) is 0 Å². The lowest BCUT2D eigenvalue weighted by atomic mass is 10.0. The average Bonchev–Trinajstić information content (AvgIpc) is 2.57. The van der Waals surface area contributed by atoms with E-state index in [0.29, 0.717) is 0 Å². The minimum atomic E-state index is -4.50. The standard InChI is InChI=1S/C11H5F3O3/c12-11(13,14)7-3-1-2-6(4-7)8-5-9(15)17-10(8)16/h1-5H. The highest BCUT2D eigenvalue weighted by molar-refractivity contribution is 6.28. The summed E-state index contributed by atoms with van der Waals surface area (Å²) in [5.41, 5.74) is -1.04. The summed E-state index contributed by atoms with van der Waals surface area (Å²) in [7, 11) is 0. The molecular formula is C11H5F3O3. The number of ether oxygens (including phenoxy) is 1. The quantitative estimate of drug-likeness (QED) is 0.560. The Kier molecular flexibility index (Phi) is 2.49. The molecule has 17 heavy (non-hydrogen) atoms. The Morgan fingerprint density at radius 3 is 2.35 bits per heavy atom. The van der Waals surface area contributed by atoms with E-state index in [2.05, 4.69) is 4.74 Å². The van der Waals surface area contributed by atoms with Crippen molar-refractivity contribution in [1.29, 1.82) is 0 Å². The molecular weight excluding hydrogens is 237 g/mol. The Balaban J connectivity index is 2.45. The molecule has 6 heteroatoms. The zero-order valence-corrected chi connectivity index (χ0v) is 8.25. The van der Waals surface area contributed by atoms with Gasteiger partial charge in [0.15, 0.2) is 0 Å². The van der Waals surface area contributed by atoms with Crippen molar-refractivity contribution in [2.45, 2.75) is 6.18 Å². The summed E-state index contributed by atoms with van der Waals surface area (Å²) in [5.74, 6) is -1.81. The van der Waals surface area contributed by atoms with Gasteiger partial charge in [0.1, 0.15) is 0 Å². The molecule has 3 nitrogen and oxygen atoms in total. The number of carbonyl (C=O) groups is 2. The van der Waals surface area contributed by atoms with Crippen LogP contribution in [0.25, 0.3) is 5.57 Å². The van der Waals surface area contributed by atoms with Crippen molar-refractivity contribution in [2.75, 3.05) is 0 Å². The molecule has 0 amide bonds. The van der Waals surface area contributed by atoms with E-state index in [9.17, 15) is 22.8 Å². The van der Waals surface area contributed by atoms with Gasteiger partial charge in [-0.15, -0.1) is 0 Å². The summed E-state index contributed by atoms with van der Waals surface area (Å²) in [5, 5.41) is 0. The van der Waals surface area contributed by atoms with Crippen LogP contribution in [0.4, 0.5) is 13.2 Å². The molecule has 1 aromatic carbocycles. The van der Waals surface area contributed by atoms with E-state index in [-0.39, 0.29) is 11.1 Å². The maximum atomic E-state index is 12.4. The summed E-state index contributed by atoms with van der Waals surface area (Å²) >= 11 is 0. The fourth-order valence-corrected chi connectivity index (χ4v) is 1.42. The zero-order chi connectivity index (χ0) is 12.6. The molecule has 0 saturated carbocycles. The van der Waals surface area contributed by atoms with Crippen LogP contribution >= 0.6 is 0 Å². The molecule has 0 aromatic heterocycles. The van der Waals surface area contributed by atoms with Crippen molar-refractivity contribution >= 4 is 17.5 Å². The molecule has 0 spiro atoms. The first kappa shape index (κ1) is 11.4. The molecule has 0 saturated heterocycles. The third kappa shape index (κ3) is 2.20. The highest BCUT2D eigenvalue weighted by Crippen LogP contribution is 2.31. The van der Waals surface area contributed by atoms with Gasteiger partial charge in [-0.25, -0.2) is 9.59 Å². The molecule has 2 rings (SSSR count). The Hall–Kier alpha value is -2.11. The first-order valence-electron chi connectivity index (χ1n) is 4.53. The molecule has 0 atom stereocenters. The molecule has 0 aliphatic carbocycles. The first-order chi connectivity index (χ1) is 7.88. The number of cyclic esters (lactones) is 2. The molecule has 0 radical (unpaired) electrons. The number of carbonyl (C=O) groups excluding carboxylic acids is 2. The Bertz CT molecular complexity index is 529. The predicted molar refractivity (Wildman–Crippen MR) is 50.5 cm³/mol. The predicted octanol–water partition coefficient (Wildman–Crippen LogP) is 2.17. The summed E-state index contributed by atoms with van der Waals surface area (Å²) in [6.45, 7) is 0. The van der Waals surface area contributed by atoms with Gasteiger partial charge in [0.05, 0.1) is 11.1 Å². The SMILES string of the molecule is O=C1C=C(c2cccc(C(F)(F)F)c2)C(=O)O1. The first-order valence-corrected chi connectivity index (χ1v) is 4.53. The summed E-state index contributed by atoms with van der Waals surface area (Å²) in [6, 6.07) is 4.15. The smallest absolute Gasteiger partial charge is 0.386 e. The minimum Gasteiger partial charge on any atom is -0.386 e. The second kappa shape index (κ2) is 3.73. The van der Waals surface area contributed by atoms with Gasteiger partial charge in [-0.2, -0.15) is 13.2 Å². The van der Waals surface area contributed by atoms with Crippen molar-refractivity contribution in [3.63, 3.8) is 0 Å². The highest BCUT2D eigenvalue weighted by Gasteiger charge is 2.32. The number of rotatable bonds is 1. The molecule has 1 heterocycles. The summed E-state index contributed by atoms with van der Waals surface area (Å²) in [4.78, 5) is 21.9. The maximum Gasteiger partial charge on any atom is 0.416 e. The molecule has 1 aliphatic rings. The third-order valence-electron chi connectivity index (χ3n) is 2.18. The fourth-order valence-electron chi connectivity index (χ4n) is 1.42. The van der Waals surface area contributed by atoms with Crippen molar-refractivity contribution in [3.05, 3.63) is 41.5 Å². The number of halogens is 3. The molecule has 88 valence electrons. The largest absolute Gasteiger partial charge is 0.416 e. The Morgan fingerprint density at radius 1 is 1.12 bits per heavy atom. The average molecular weight is 242 g/mol. The van der Waals surface area contributed by atoms with Gasteiger partial charge >= 0.3 is 18.1 Å². The normalized spacial score (nSPS) is 15.8. The molecule has 0 fully saturated rings. The van der Waals surface area contributed by atoms with Crippen LogP contribution in [0.1, 0.15) is 11.1 Å². The second-order valence-corrected chi connectivity index (χ2v) is 3.35. The van der Waals surface area contributed by atoms with Gasteiger partial charge in [0.2, 0.25) is 0 Å². The van der Waals surface area contributed by atoms with Gasteiger partial charge in [-0.1, -0.05) is 12.1 Å². The number of benzene rings is 1. The van der Waals surface area contributed by atoms with Crippen molar-refractivity contribution in [2.24, 2.45) is 0 Å². The Morgan fingerprint density at radius 2 is 1.82 bits per heavy atom. The van der Waals surface area contributed by atoms with E-state index in [1.54, 1.807) is 0 Å². The van der Waals surface area contributed by atoms with E-state index in [4.69, 9.17) is 0 Å². The topological polar surface area (TPSA) is 43.4 Å². The van der Waals surface area contributed by atoms with E-state index in [1.165, 1.54) is 6.07 Å². The number of esters is 2. The molecule has 1 aliphatic heterocycles. The number of hydrogen-bond acceptors (Lipinski definition) is 3. The van der Waals surface area contributed by atoms with Crippen LogP contribution in [-0.4, -0.2) is 11.9 Å². The molecule has 0 N–H and O–H groups in total. The monoisotopic (exact) mass is 242 g/mol. The van der Waals surface area contributed by atoms with E-state index in [0.717, 1.165) is 24.3 Å². The summed E-state index contributed by atoms with van der Waals surface area (Å²) < 4.78 is 41.5. The van der Waals surface area contributed by atoms with E-state index >= 15 is 0 Å². The second-order valence-electron chi connectivity index (χ2n) is 3.35. The highest BCUT2D eigenvalue weighted by atomic mass is 19.4. The maximum absolute atomic E-state index is 12.4. The minimum absolute atomic E-state index is 0.00988. The summed E-state index contributed by atoms with van der Waals surface area (Å²) in [6.07, 6.45) is -3.62. The molecule has 1 aromatic rings. The van der Waals surface area contributed by atoms with Gasteiger partial charge < -0.3 is 4.74 Å². The van der Waals surface area contributed by atoms with Crippen LogP contribution in [-0.2, 0) is 20.5 Å². The van der Waals surface area contributed by atoms with Gasteiger partial charge in [0, 0.05) is 6.08 Å². The van der Waals surface area contributed by atoms with Crippen molar-refractivity contribution in [1.82, 2.24) is 0 Å². The van der Waals surface area contributed by atoms with Crippen LogP contribution in [0.5, 0.6) is 0 Å². The van der Waals surface area contributed by atoms with Gasteiger partial charge in [-0.05, 0) is 17.7 Å². The number of hydrogen-bond donors (Lipinski definition) is 0. The van der Waals surface area contributed by atoms with Gasteiger partial charge in [0.25, 0.3) is 0 Å². The lowest BCUT2D eigenvalue weighted by Gasteiger charge is -2.07. The third-order valence-corrected chi connectivity index (χ3v) is 2.18. The lowest BCUT2D eigenvalue weighted by molar-refractivity contribution is -0.149. The van der Waals surface area contributed by atoms with Crippen molar-refractivity contribution < 1.29 is 27.5 Å². The van der Waals surface area contributed by atoms with Crippen molar-refractivity contribution in [3.8, 4) is 0 Å². The lowest BCUT2D eigenvalue weighted by Crippen LogP contribution is -2.06. The Labute approximate surface area is 93.5 Å². The van der Waals surface area contributed by atoms with Crippen LogP contribution in [0.2, 0.25) is 0 Å². The number of alkyl halides is 3. The zero-order valence-electron chi connectivity index (χ0n) is 8.25. The van der Waals surface area contributed by atoms with Crippen LogP contribution < -0.4 is 0 Å². The van der Waals surface area contributed by atoms with Crippen LogP contribution in [0.15, 0.2) is 30.3 Å². The van der Waals surface area contributed by atoms with E-state index in [1.807, 2.05) is 0 Å².